The smallest absolute Gasteiger partial charge is 0.392 e. The van der Waals surface area contributed by atoms with Crippen LogP contribution >= 0.6 is 11.6 Å². The van der Waals surface area contributed by atoms with Crippen molar-refractivity contribution in [3.63, 3.8) is 0 Å². The predicted octanol–water partition coefficient (Wildman–Crippen LogP) is 6.36. The number of alkyl halides is 3. The van der Waals surface area contributed by atoms with E-state index < -0.39 is 18.0 Å². The fraction of sp³-hybridized carbons (Fsp3) is 0.222. The highest BCUT2D eigenvalue weighted by Crippen LogP contribution is 2.41. The maximum Gasteiger partial charge on any atom is 0.431 e. The quantitative estimate of drug-likeness (QED) is 0.271. The van der Waals surface area contributed by atoms with E-state index in [0.717, 1.165) is 10.6 Å². The molecule has 0 fully saturated rings. The number of hydrogen-bond donors (Lipinski definition) is 0. The summed E-state index contributed by atoms with van der Waals surface area (Å²) >= 11 is 6.00. The standard InChI is InChI=1S/C27H25ClF3N5O2/c1-34(2)25-32-14-13-21(33-25)17-35(3)26(37)38-24-22(19-9-11-20(28)12-10-19)15-23(27(29,30)31)36(24)16-18-7-5-4-6-8-18/h4-15H,16-17H2,1-3H3. The molecule has 0 aliphatic heterocycles. The Labute approximate surface area is 223 Å². The van der Waals surface area contributed by atoms with Crippen LogP contribution in [-0.4, -0.2) is 46.7 Å². The molecule has 11 heteroatoms. The van der Waals surface area contributed by atoms with Crippen LogP contribution in [0.4, 0.5) is 23.9 Å². The lowest BCUT2D eigenvalue weighted by Gasteiger charge is -2.20. The van der Waals surface area contributed by atoms with Gasteiger partial charge >= 0.3 is 12.3 Å². The molecule has 0 bridgehead atoms. The van der Waals surface area contributed by atoms with Crippen molar-refractivity contribution in [2.45, 2.75) is 19.3 Å². The topological polar surface area (TPSA) is 63.5 Å². The normalized spacial score (nSPS) is 11.3. The van der Waals surface area contributed by atoms with Crippen LogP contribution in [0.2, 0.25) is 5.02 Å². The van der Waals surface area contributed by atoms with Gasteiger partial charge < -0.3 is 19.1 Å². The van der Waals surface area contributed by atoms with E-state index >= 15 is 0 Å². The maximum atomic E-state index is 14.2. The third kappa shape index (κ3) is 6.25. The SMILES string of the molecule is CN(Cc1ccnc(N(C)C)n1)C(=O)Oc1c(-c2ccc(Cl)cc2)cc(C(F)(F)F)n1Cc1ccccc1. The van der Waals surface area contributed by atoms with E-state index in [1.165, 1.54) is 11.9 Å². The lowest BCUT2D eigenvalue weighted by Crippen LogP contribution is -2.31. The van der Waals surface area contributed by atoms with Gasteiger partial charge in [0.25, 0.3) is 0 Å². The van der Waals surface area contributed by atoms with Crippen molar-refractivity contribution in [2.75, 3.05) is 26.0 Å². The zero-order chi connectivity index (χ0) is 27.4. The number of rotatable bonds is 7. The number of halogens is 4. The number of carbonyl (C=O) groups is 1. The van der Waals surface area contributed by atoms with Gasteiger partial charge in [-0.2, -0.15) is 13.2 Å². The largest absolute Gasteiger partial charge is 0.431 e. The van der Waals surface area contributed by atoms with Gasteiger partial charge in [-0.25, -0.2) is 14.8 Å². The first-order chi connectivity index (χ1) is 18.0. The minimum atomic E-state index is -4.70. The second kappa shape index (κ2) is 11.1. The van der Waals surface area contributed by atoms with Gasteiger partial charge in [0, 0.05) is 37.9 Å². The number of anilines is 1. The summed E-state index contributed by atoms with van der Waals surface area (Å²) < 4.78 is 49.3. The number of nitrogens with zero attached hydrogens (tertiary/aromatic N) is 5. The van der Waals surface area contributed by atoms with Gasteiger partial charge in [-0.15, -0.1) is 0 Å². The summed E-state index contributed by atoms with van der Waals surface area (Å²) in [4.78, 5) is 24.7. The Bertz CT molecular complexity index is 1410. The number of amides is 1. The average molecular weight is 544 g/mol. The number of carbonyl (C=O) groups excluding carboxylic acids is 1. The van der Waals surface area contributed by atoms with Crippen molar-refractivity contribution in [2.24, 2.45) is 0 Å². The molecule has 0 aliphatic rings. The highest BCUT2D eigenvalue weighted by atomic mass is 35.5. The van der Waals surface area contributed by atoms with Crippen LogP contribution in [0.15, 0.2) is 72.9 Å². The minimum Gasteiger partial charge on any atom is -0.392 e. The van der Waals surface area contributed by atoms with Crippen molar-refractivity contribution >= 4 is 23.6 Å². The first-order valence-corrected chi connectivity index (χ1v) is 11.9. The highest BCUT2D eigenvalue weighted by molar-refractivity contribution is 6.30. The van der Waals surface area contributed by atoms with E-state index in [1.807, 2.05) is 0 Å². The van der Waals surface area contributed by atoms with Crippen LogP contribution in [0.3, 0.4) is 0 Å². The van der Waals surface area contributed by atoms with Crippen LogP contribution in [0, 0.1) is 0 Å². The molecule has 0 atom stereocenters. The van der Waals surface area contributed by atoms with Crippen LogP contribution < -0.4 is 9.64 Å². The highest BCUT2D eigenvalue weighted by Gasteiger charge is 2.38. The van der Waals surface area contributed by atoms with Crippen molar-refractivity contribution in [3.05, 3.63) is 94.9 Å². The molecule has 2 aromatic carbocycles. The van der Waals surface area contributed by atoms with Gasteiger partial charge in [0.05, 0.1) is 18.8 Å². The van der Waals surface area contributed by atoms with Crippen molar-refractivity contribution < 1.29 is 22.7 Å². The van der Waals surface area contributed by atoms with E-state index in [1.54, 1.807) is 85.9 Å². The zero-order valence-corrected chi connectivity index (χ0v) is 21.7. The van der Waals surface area contributed by atoms with E-state index in [2.05, 4.69) is 9.97 Å². The van der Waals surface area contributed by atoms with Crippen LogP contribution in [0.25, 0.3) is 11.1 Å². The molecule has 7 nitrogen and oxygen atoms in total. The molecule has 198 valence electrons. The molecule has 4 aromatic rings. The molecule has 0 spiro atoms. The first kappa shape index (κ1) is 27.0. The summed E-state index contributed by atoms with van der Waals surface area (Å²) in [5, 5.41) is 0.425. The van der Waals surface area contributed by atoms with Crippen molar-refractivity contribution in [3.8, 4) is 17.0 Å². The summed E-state index contributed by atoms with van der Waals surface area (Å²) in [6, 6.07) is 17.6. The molecule has 0 saturated heterocycles. The minimum absolute atomic E-state index is 0.0595. The van der Waals surface area contributed by atoms with Crippen LogP contribution in [0.5, 0.6) is 5.88 Å². The fourth-order valence-electron chi connectivity index (χ4n) is 3.79. The zero-order valence-electron chi connectivity index (χ0n) is 20.9. The summed E-state index contributed by atoms with van der Waals surface area (Å²) in [5.41, 5.74) is 0.742. The Morgan fingerprint density at radius 2 is 1.71 bits per heavy atom. The molecule has 1 amide bonds. The summed E-state index contributed by atoms with van der Waals surface area (Å²) in [6.45, 7) is -0.0995. The fourth-order valence-corrected chi connectivity index (χ4v) is 3.92. The molecule has 2 heterocycles. The lowest BCUT2D eigenvalue weighted by molar-refractivity contribution is -0.143. The molecule has 2 aromatic heterocycles. The number of ether oxygens (including phenoxy) is 1. The number of aromatic nitrogens is 3. The van der Waals surface area contributed by atoms with E-state index in [-0.39, 0.29) is 24.5 Å². The van der Waals surface area contributed by atoms with Gasteiger partial charge in [0.2, 0.25) is 11.8 Å². The third-order valence-corrected chi connectivity index (χ3v) is 5.92. The Morgan fingerprint density at radius 1 is 1.03 bits per heavy atom. The Balaban J connectivity index is 1.74. The van der Waals surface area contributed by atoms with E-state index in [0.29, 0.717) is 27.8 Å². The summed E-state index contributed by atoms with van der Waals surface area (Å²) in [7, 11) is 5.06. The molecular formula is C27H25ClF3N5O2. The molecule has 0 radical (unpaired) electrons. The average Bonchev–Trinajstić information content (AvgIpc) is 3.23. The van der Waals surface area contributed by atoms with Crippen LogP contribution in [-0.2, 0) is 19.3 Å². The first-order valence-electron chi connectivity index (χ1n) is 11.6. The lowest BCUT2D eigenvalue weighted by atomic mass is 10.1. The van der Waals surface area contributed by atoms with E-state index in [4.69, 9.17) is 16.3 Å². The van der Waals surface area contributed by atoms with Crippen molar-refractivity contribution in [1.82, 2.24) is 19.4 Å². The summed E-state index contributed by atoms with van der Waals surface area (Å²) in [5.74, 6) is 0.234. The second-order valence-electron chi connectivity index (χ2n) is 8.79. The Hall–Kier alpha value is -4.05. The molecule has 0 N–H and O–H groups in total. The van der Waals surface area contributed by atoms with Crippen molar-refractivity contribution in [1.29, 1.82) is 0 Å². The van der Waals surface area contributed by atoms with Gasteiger partial charge in [-0.05, 0) is 35.4 Å². The second-order valence-corrected chi connectivity index (χ2v) is 9.23. The number of hydrogen-bond acceptors (Lipinski definition) is 5. The van der Waals surface area contributed by atoms with Gasteiger partial charge in [-0.1, -0.05) is 54.1 Å². The number of benzene rings is 2. The predicted molar refractivity (Wildman–Crippen MR) is 139 cm³/mol. The van der Waals surface area contributed by atoms with Crippen LogP contribution in [0.1, 0.15) is 17.0 Å². The maximum absolute atomic E-state index is 14.2. The third-order valence-electron chi connectivity index (χ3n) is 5.67. The monoisotopic (exact) mass is 543 g/mol. The molecular weight excluding hydrogens is 519 g/mol. The molecule has 4 rings (SSSR count). The Kier molecular flexibility index (Phi) is 7.91. The summed E-state index contributed by atoms with van der Waals surface area (Å²) in [6.07, 6.45) is -3.97. The molecule has 0 saturated carbocycles. The Morgan fingerprint density at radius 3 is 2.34 bits per heavy atom. The molecule has 0 unspecified atom stereocenters. The van der Waals surface area contributed by atoms with E-state index in [9.17, 15) is 18.0 Å². The van der Waals surface area contributed by atoms with Gasteiger partial charge in [-0.3, -0.25) is 0 Å². The van der Waals surface area contributed by atoms with Gasteiger partial charge in [0.1, 0.15) is 5.69 Å². The van der Waals surface area contributed by atoms with Gasteiger partial charge in [0.15, 0.2) is 0 Å². The molecule has 38 heavy (non-hydrogen) atoms. The molecule has 0 aliphatic carbocycles.